The molecule has 0 aliphatic heterocycles. The standard InChI is InChI=1S/C10H10F2O3S/c1-15-10(14)9(13)6-3-5(11)4-7(16-2)8(6)12/h3-4,9,13H,1-2H3. The van der Waals surface area contributed by atoms with Crippen LogP contribution in [0.25, 0.3) is 0 Å². The number of aliphatic hydroxyl groups excluding tert-OH is 1. The second-order valence-corrected chi connectivity index (χ2v) is 3.79. The second-order valence-electron chi connectivity index (χ2n) is 2.94. The van der Waals surface area contributed by atoms with E-state index in [0.717, 1.165) is 31.0 Å². The summed E-state index contributed by atoms with van der Waals surface area (Å²) in [5.41, 5.74) is -0.420. The van der Waals surface area contributed by atoms with Gasteiger partial charge in [-0.15, -0.1) is 11.8 Å². The van der Waals surface area contributed by atoms with E-state index in [4.69, 9.17) is 0 Å². The number of aliphatic hydroxyl groups is 1. The van der Waals surface area contributed by atoms with E-state index in [1.165, 1.54) is 0 Å². The summed E-state index contributed by atoms with van der Waals surface area (Å²) < 4.78 is 31.0. The molecule has 88 valence electrons. The number of esters is 1. The lowest BCUT2D eigenvalue weighted by molar-refractivity contribution is -0.150. The number of carbonyl (C=O) groups is 1. The lowest BCUT2D eigenvalue weighted by Crippen LogP contribution is -2.15. The molecule has 6 heteroatoms. The van der Waals surface area contributed by atoms with Gasteiger partial charge < -0.3 is 9.84 Å². The Morgan fingerprint density at radius 3 is 2.62 bits per heavy atom. The van der Waals surface area contributed by atoms with Crippen LogP contribution in [0.5, 0.6) is 0 Å². The minimum absolute atomic E-state index is 0.0259. The van der Waals surface area contributed by atoms with Crippen LogP contribution in [-0.4, -0.2) is 24.4 Å². The Kier molecular flexibility index (Phi) is 4.26. The maximum Gasteiger partial charge on any atom is 0.339 e. The van der Waals surface area contributed by atoms with Gasteiger partial charge in [-0.3, -0.25) is 0 Å². The number of rotatable bonds is 3. The summed E-state index contributed by atoms with van der Waals surface area (Å²) in [6, 6.07) is 1.77. The number of hydrogen-bond donors (Lipinski definition) is 1. The number of hydrogen-bond acceptors (Lipinski definition) is 4. The van der Waals surface area contributed by atoms with Crippen molar-refractivity contribution in [2.24, 2.45) is 0 Å². The fourth-order valence-electron chi connectivity index (χ4n) is 1.17. The highest BCUT2D eigenvalue weighted by atomic mass is 32.2. The van der Waals surface area contributed by atoms with Crippen molar-refractivity contribution < 1.29 is 23.4 Å². The van der Waals surface area contributed by atoms with Crippen LogP contribution in [0.1, 0.15) is 11.7 Å². The second kappa shape index (κ2) is 5.27. The molecule has 16 heavy (non-hydrogen) atoms. The monoisotopic (exact) mass is 248 g/mol. The van der Waals surface area contributed by atoms with E-state index >= 15 is 0 Å². The molecule has 1 atom stereocenters. The van der Waals surface area contributed by atoms with Crippen LogP contribution in [-0.2, 0) is 9.53 Å². The highest BCUT2D eigenvalue weighted by Gasteiger charge is 2.24. The first-order valence-electron chi connectivity index (χ1n) is 4.30. The van der Waals surface area contributed by atoms with Gasteiger partial charge >= 0.3 is 5.97 Å². The van der Waals surface area contributed by atoms with Gasteiger partial charge in [-0.05, 0) is 18.4 Å². The third kappa shape index (κ3) is 2.51. The molecule has 1 aromatic rings. The average Bonchev–Trinajstić information content (AvgIpc) is 2.29. The smallest absolute Gasteiger partial charge is 0.339 e. The van der Waals surface area contributed by atoms with Crippen LogP contribution in [0.4, 0.5) is 8.78 Å². The van der Waals surface area contributed by atoms with Crippen LogP contribution in [0.3, 0.4) is 0 Å². The zero-order valence-corrected chi connectivity index (χ0v) is 9.48. The number of benzene rings is 1. The Bertz CT molecular complexity index is 409. The lowest BCUT2D eigenvalue weighted by atomic mass is 10.1. The molecule has 0 radical (unpaired) electrons. The maximum atomic E-state index is 13.6. The molecule has 0 bridgehead atoms. The number of carbonyl (C=O) groups excluding carboxylic acids is 1. The van der Waals surface area contributed by atoms with E-state index in [1.807, 2.05) is 0 Å². The van der Waals surface area contributed by atoms with Crippen molar-refractivity contribution in [3.63, 3.8) is 0 Å². The van der Waals surface area contributed by atoms with Crippen molar-refractivity contribution in [2.45, 2.75) is 11.0 Å². The molecule has 1 rings (SSSR count). The van der Waals surface area contributed by atoms with Crippen LogP contribution in [0, 0.1) is 11.6 Å². The van der Waals surface area contributed by atoms with E-state index in [2.05, 4.69) is 4.74 Å². The molecule has 0 amide bonds. The average molecular weight is 248 g/mol. The summed E-state index contributed by atoms with van der Waals surface area (Å²) in [7, 11) is 1.05. The number of methoxy groups -OCH3 is 1. The first kappa shape index (κ1) is 12.9. The summed E-state index contributed by atoms with van der Waals surface area (Å²) >= 11 is 0.982. The highest BCUT2D eigenvalue weighted by Crippen LogP contribution is 2.27. The molecule has 0 aromatic heterocycles. The van der Waals surface area contributed by atoms with Crippen LogP contribution in [0.2, 0.25) is 0 Å². The van der Waals surface area contributed by atoms with Gasteiger partial charge in [0.05, 0.1) is 7.11 Å². The molecule has 0 heterocycles. The first-order chi connectivity index (χ1) is 7.51. The molecule has 0 fully saturated rings. The van der Waals surface area contributed by atoms with E-state index in [9.17, 15) is 18.7 Å². The van der Waals surface area contributed by atoms with Gasteiger partial charge in [0.1, 0.15) is 11.6 Å². The molecular formula is C10H10F2O3S. The summed E-state index contributed by atoms with van der Waals surface area (Å²) in [5, 5.41) is 9.42. The summed E-state index contributed by atoms with van der Waals surface area (Å²) in [4.78, 5) is 11.0. The molecule has 0 aliphatic rings. The van der Waals surface area contributed by atoms with Gasteiger partial charge in [0, 0.05) is 10.5 Å². The molecule has 0 saturated heterocycles. The summed E-state index contributed by atoms with van der Waals surface area (Å²) in [6.45, 7) is 0. The SMILES string of the molecule is COC(=O)C(O)c1cc(F)cc(SC)c1F. The predicted molar refractivity (Wildman–Crippen MR) is 55.1 cm³/mol. The van der Waals surface area contributed by atoms with E-state index in [1.54, 1.807) is 6.26 Å². The van der Waals surface area contributed by atoms with Gasteiger partial charge in [0.25, 0.3) is 0 Å². The highest BCUT2D eigenvalue weighted by molar-refractivity contribution is 7.98. The van der Waals surface area contributed by atoms with Crippen molar-refractivity contribution in [1.29, 1.82) is 0 Å². The molecule has 1 N–H and O–H groups in total. The largest absolute Gasteiger partial charge is 0.467 e. The van der Waals surface area contributed by atoms with Crippen LogP contribution in [0.15, 0.2) is 17.0 Å². The van der Waals surface area contributed by atoms with E-state index in [-0.39, 0.29) is 4.90 Å². The molecule has 3 nitrogen and oxygen atoms in total. The van der Waals surface area contributed by atoms with Gasteiger partial charge in [-0.25, -0.2) is 13.6 Å². The zero-order valence-electron chi connectivity index (χ0n) is 8.66. The van der Waals surface area contributed by atoms with Crippen molar-refractivity contribution in [3.05, 3.63) is 29.3 Å². The zero-order chi connectivity index (χ0) is 12.3. The van der Waals surface area contributed by atoms with Gasteiger partial charge in [-0.2, -0.15) is 0 Å². The predicted octanol–water partition coefficient (Wildman–Crippen LogP) is 1.89. The third-order valence-electron chi connectivity index (χ3n) is 1.97. The topological polar surface area (TPSA) is 46.5 Å². The molecule has 1 aromatic carbocycles. The normalized spacial score (nSPS) is 12.3. The van der Waals surface area contributed by atoms with E-state index < -0.39 is 29.3 Å². The van der Waals surface area contributed by atoms with Crippen molar-refractivity contribution >= 4 is 17.7 Å². The third-order valence-corrected chi connectivity index (χ3v) is 2.71. The van der Waals surface area contributed by atoms with E-state index in [0.29, 0.717) is 0 Å². The number of thioether (sulfide) groups is 1. The Morgan fingerprint density at radius 1 is 1.50 bits per heavy atom. The molecule has 0 saturated carbocycles. The fraction of sp³-hybridized carbons (Fsp3) is 0.300. The van der Waals surface area contributed by atoms with Crippen molar-refractivity contribution in [2.75, 3.05) is 13.4 Å². The van der Waals surface area contributed by atoms with Crippen LogP contribution >= 0.6 is 11.8 Å². The summed E-state index contributed by atoms with van der Waals surface area (Å²) in [6.07, 6.45) is -0.252. The fourth-order valence-corrected chi connectivity index (χ4v) is 1.70. The maximum absolute atomic E-state index is 13.6. The van der Waals surface area contributed by atoms with Crippen molar-refractivity contribution in [1.82, 2.24) is 0 Å². The molecule has 1 unspecified atom stereocenters. The van der Waals surface area contributed by atoms with Crippen LogP contribution < -0.4 is 0 Å². The Labute approximate surface area is 95.4 Å². The van der Waals surface area contributed by atoms with Gasteiger partial charge in [-0.1, -0.05) is 0 Å². The molecule has 0 aliphatic carbocycles. The minimum Gasteiger partial charge on any atom is -0.467 e. The Morgan fingerprint density at radius 2 is 2.12 bits per heavy atom. The molecular weight excluding hydrogens is 238 g/mol. The quantitative estimate of drug-likeness (QED) is 0.655. The number of ether oxygens (including phenoxy) is 1. The minimum atomic E-state index is -1.81. The van der Waals surface area contributed by atoms with Gasteiger partial charge in [0.15, 0.2) is 6.10 Å². The molecule has 0 spiro atoms. The summed E-state index contributed by atoms with van der Waals surface area (Å²) in [5.74, 6) is -2.56. The van der Waals surface area contributed by atoms with Crippen molar-refractivity contribution in [3.8, 4) is 0 Å². The van der Waals surface area contributed by atoms with Gasteiger partial charge in [0.2, 0.25) is 0 Å². The number of halogens is 2. The Hall–Kier alpha value is -1.14. The first-order valence-corrected chi connectivity index (χ1v) is 5.52. The Balaban J connectivity index is 3.22. The lowest BCUT2D eigenvalue weighted by Gasteiger charge is -2.11.